The molecule has 104 valence electrons. The van der Waals surface area contributed by atoms with Crippen molar-refractivity contribution < 1.29 is 19.1 Å². The van der Waals surface area contributed by atoms with Gasteiger partial charge in [0.2, 0.25) is 0 Å². The third kappa shape index (κ3) is 6.00. The van der Waals surface area contributed by atoms with Gasteiger partial charge in [-0.15, -0.1) is 0 Å². The van der Waals surface area contributed by atoms with E-state index >= 15 is 0 Å². The fourth-order valence-electron chi connectivity index (χ4n) is 1.98. The number of piperidine rings is 1. The second kappa shape index (κ2) is 8.08. The number of carbonyl (C=O) groups is 2. The van der Waals surface area contributed by atoms with Gasteiger partial charge in [-0.1, -0.05) is 13.3 Å². The molecule has 0 aliphatic carbocycles. The fraction of sp³-hybridized carbons (Fsp3) is 0.846. The molecule has 18 heavy (non-hydrogen) atoms. The molecule has 0 amide bonds. The van der Waals surface area contributed by atoms with Crippen molar-refractivity contribution in [3.63, 3.8) is 0 Å². The first-order valence-corrected chi connectivity index (χ1v) is 6.67. The molecule has 0 bridgehead atoms. The van der Waals surface area contributed by atoms with Crippen LogP contribution in [0.3, 0.4) is 0 Å². The number of esters is 2. The summed E-state index contributed by atoms with van der Waals surface area (Å²) in [5, 5.41) is 0. The van der Waals surface area contributed by atoms with E-state index in [0.717, 1.165) is 38.8 Å². The first-order valence-electron chi connectivity index (χ1n) is 6.67. The average molecular weight is 257 g/mol. The lowest BCUT2D eigenvalue weighted by molar-refractivity contribution is -0.151. The fourth-order valence-corrected chi connectivity index (χ4v) is 1.98. The van der Waals surface area contributed by atoms with E-state index in [0.29, 0.717) is 13.2 Å². The van der Waals surface area contributed by atoms with Crippen LogP contribution in [0, 0.1) is 0 Å². The molecular formula is C13H23NO4. The molecule has 0 aromatic heterocycles. The van der Waals surface area contributed by atoms with Crippen molar-refractivity contribution in [2.75, 3.05) is 26.2 Å². The summed E-state index contributed by atoms with van der Waals surface area (Å²) in [5.41, 5.74) is 0. The summed E-state index contributed by atoms with van der Waals surface area (Å²) in [6.45, 7) is 5.91. The number of carbonyl (C=O) groups excluding carboxylic acids is 2. The van der Waals surface area contributed by atoms with Crippen molar-refractivity contribution in [1.82, 2.24) is 4.90 Å². The molecule has 1 heterocycles. The lowest BCUT2D eigenvalue weighted by atomic mass is 10.1. The van der Waals surface area contributed by atoms with Crippen molar-refractivity contribution in [2.24, 2.45) is 0 Å². The Hall–Kier alpha value is -1.10. The van der Waals surface area contributed by atoms with Crippen LogP contribution in [-0.2, 0) is 19.1 Å². The summed E-state index contributed by atoms with van der Waals surface area (Å²) in [7, 11) is 0. The number of hydrogen-bond acceptors (Lipinski definition) is 5. The smallest absolute Gasteiger partial charge is 0.320 e. The molecule has 0 spiro atoms. The molecule has 0 N–H and O–H groups in total. The molecular weight excluding hydrogens is 234 g/mol. The van der Waals surface area contributed by atoms with Crippen LogP contribution >= 0.6 is 0 Å². The van der Waals surface area contributed by atoms with Crippen LogP contribution in [0.15, 0.2) is 0 Å². The van der Waals surface area contributed by atoms with Crippen LogP contribution in [0.4, 0.5) is 0 Å². The van der Waals surface area contributed by atoms with Crippen molar-refractivity contribution in [3.05, 3.63) is 0 Å². The van der Waals surface area contributed by atoms with E-state index in [2.05, 4.69) is 6.92 Å². The quantitative estimate of drug-likeness (QED) is 0.531. The minimum absolute atomic E-state index is 0.00913. The lowest BCUT2D eigenvalue weighted by Crippen LogP contribution is -2.40. The standard InChI is InChI=1S/C13H23NO4/c1-3-4-9-17-13(16)10-14-7-5-12(6-8-14)18-11(2)15/h12H,3-10H2,1-2H3. The molecule has 0 saturated carbocycles. The lowest BCUT2D eigenvalue weighted by Gasteiger charge is -2.30. The van der Waals surface area contributed by atoms with Gasteiger partial charge < -0.3 is 9.47 Å². The van der Waals surface area contributed by atoms with Gasteiger partial charge in [0.05, 0.1) is 13.2 Å². The molecule has 1 aliphatic rings. The van der Waals surface area contributed by atoms with Gasteiger partial charge in [-0.3, -0.25) is 14.5 Å². The minimum atomic E-state index is -0.229. The van der Waals surface area contributed by atoms with E-state index in [4.69, 9.17) is 9.47 Å². The molecule has 0 aromatic carbocycles. The number of nitrogens with zero attached hydrogens (tertiary/aromatic N) is 1. The summed E-state index contributed by atoms with van der Waals surface area (Å²) in [5.74, 6) is -0.387. The van der Waals surface area contributed by atoms with E-state index in [1.54, 1.807) is 0 Å². The Morgan fingerprint density at radius 1 is 1.28 bits per heavy atom. The van der Waals surface area contributed by atoms with Crippen molar-refractivity contribution in [3.8, 4) is 0 Å². The molecule has 0 radical (unpaired) electrons. The van der Waals surface area contributed by atoms with Gasteiger partial charge in [0.1, 0.15) is 6.10 Å². The van der Waals surface area contributed by atoms with Crippen LogP contribution in [0.25, 0.3) is 0 Å². The summed E-state index contributed by atoms with van der Waals surface area (Å²) >= 11 is 0. The highest BCUT2D eigenvalue weighted by atomic mass is 16.5. The maximum Gasteiger partial charge on any atom is 0.320 e. The van der Waals surface area contributed by atoms with Gasteiger partial charge in [0.25, 0.3) is 0 Å². The second-order valence-corrected chi connectivity index (χ2v) is 4.66. The summed E-state index contributed by atoms with van der Waals surface area (Å²) in [6.07, 6.45) is 3.54. The normalized spacial score (nSPS) is 17.4. The molecule has 1 fully saturated rings. The minimum Gasteiger partial charge on any atom is -0.465 e. The van der Waals surface area contributed by atoms with Crippen LogP contribution < -0.4 is 0 Å². The average Bonchev–Trinajstić information content (AvgIpc) is 2.31. The highest BCUT2D eigenvalue weighted by Crippen LogP contribution is 2.13. The van der Waals surface area contributed by atoms with E-state index < -0.39 is 0 Å². The number of ether oxygens (including phenoxy) is 2. The van der Waals surface area contributed by atoms with E-state index in [1.807, 2.05) is 4.90 Å². The topological polar surface area (TPSA) is 55.8 Å². The Morgan fingerprint density at radius 3 is 2.50 bits per heavy atom. The predicted octanol–water partition coefficient (Wildman–Crippen LogP) is 1.36. The van der Waals surface area contributed by atoms with Crippen molar-refractivity contribution >= 4 is 11.9 Å². The van der Waals surface area contributed by atoms with Gasteiger partial charge in [-0.2, -0.15) is 0 Å². The first-order chi connectivity index (χ1) is 8.61. The molecule has 0 atom stereocenters. The van der Waals surface area contributed by atoms with Crippen molar-refractivity contribution in [1.29, 1.82) is 0 Å². The zero-order valence-electron chi connectivity index (χ0n) is 11.3. The van der Waals surface area contributed by atoms with Gasteiger partial charge in [-0.25, -0.2) is 0 Å². The third-order valence-electron chi connectivity index (χ3n) is 2.98. The van der Waals surface area contributed by atoms with E-state index in [1.165, 1.54) is 6.92 Å². The molecule has 0 unspecified atom stereocenters. The van der Waals surface area contributed by atoms with Crippen LogP contribution in [0.5, 0.6) is 0 Å². The zero-order valence-corrected chi connectivity index (χ0v) is 11.3. The third-order valence-corrected chi connectivity index (χ3v) is 2.98. The maximum absolute atomic E-state index is 11.5. The molecule has 1 rings (SSSR count). The zero-order chi connectivity index (χ0) is 13.4. The summed E-state index contributed by atoms with van der Waals surface area (Å²) in [4.78, 5) is 24.4. The Kier molecular flexibility index (Phi) is 6.72. The highest BCUT2D eigenvalue weighted by molar-refractivity contribution is 5.71. The molecule has 5 heteroatoms. The number of likely N-dealkylation sites (tertiary alicyclic amines) is 1. The molecule has 0 aromatic rings. The number of rotatable bonds is 6. The Labute approximate surface area is 108 Å². The monoisotopic (exact) mass is 257 g/mol. The number of hydrogen-bond donors (Lipinski definition) is 0. The largest absolute Gasteiger partial charge is 0.465 e. The second-order valence-electron chi connectivity index (χ2n) is 4.66. The SMILES string of the molecule is CCCCOC(=O)CN1CCC(OC(C)=O)CC1. The predicted molar refractivity (Wildman–Crippen MR) is 67.1 cm³/mol. The Bertz CT molecular complexity index is 272. The van der Waals surface area contributed by atoms with E-state index in [-0.39, 0.29) is 18.0 Å². The molecule has 1 aliphatic heterocycles. The van der Waals surface area contributed by atoms with Crippen LogP contribution in [-0.4, -0.2) is 49.2 Å². The highest BCUT2D eigenvalue weighted by Gasteiger charge is 2.22. The van der Waals surface area contributed by atoms with Crippen molar-refractivity contribution in [2.45, 2.75) is 45.6 Å². The Morgan fingerprint density at radius 2 is 1.94 bits per heavy atom. The van der Waals surface area contributed by atoms with Crippen LogP contribution in [0.1, 0.15) is 39.5 Å². The number of unbranched alkanes of at least 4 members (excludes halogenated alkanes) is 1. The van der Waals surface area contributed by atoms with Gasteiger partial charge in [0.15, 0.2) is 0 Å². The van der Waals surface area contributed by atoms with Gasteiger partial charge in [0, 0.05) is 20.0 Å². The summed E-state index contributed by atoms with van der Waals surface area (Å²) < 4.78 is 10.3. The Balaban J connectivity index is 2.14. The summed E-state index contributed by atoms with van der Waals surface area (Å²) in [6, 6.07) is 0. The molecule has 1 saturated heterocycles. The van der Waals surface area contributed by atoms with Gasteiger partial charge in [-0.05, 0) is 19.3 Å². The maximum atomic E-state index is 11.5. The van der Waals surface area contributed by atoms with Gasteiger partial charge >= 0.3 is 11.9 Å². The first kappa shape index (κ1) is 15.0. The van der Waals surface area contributed by atoms with E-state index in [9.17, 15) is 9.59 Å². The molecule has 5 nitrogen and oxygen atoms in total. The van der Waals surface area contributed by atoms with Crippen LogP contribution in [0.2, 0.25) is 0 Å².